The lowest BCUT2D eigenvalue weighted by Crippen LogP contribution is -2.27. The average Bonchev–Trinajstić information content (AvgIpc) is 2.53. The van der Waals surface area contributed by atoms with Gasteiger partial charge in [-0.05, 0) is 44.0 Å². The highest BCUT2D eigenvalue weighted by atomic mass is 16.5. The van der Waals surface area contributed by atoms with Gasteiger partial charge in [0, 0.05) is 11.5 Å². The Morgan fingerprint density at radius 1 is 1.42 bits per heavy atom. The molecule has 0 saturated heterocycles. The number of benzene rings is 1. The first kappa shape index (κ1) is 17.4. The average molecular weight is 330 g/mol. The van der Waals surface area contributed by atoms with E-state index in [-0.39, 0.29) is 6.61 Å². The van der Waals surface area contributed by atoms with Gasteiger partial charge in [-0.2, -0.15) is 5.10 Å². The minimum absolute atomic E-state index is 0.241. The van der Waals surface area contributed by atoms with Crippen LogP contribution in [0.15, 0.2) is 16.9 Å². The SMILES string of the molecule is CCOC(=O)c1c(C)cc2c(/C=C/C(=O)NN)n[nH]c(=O)c2c1C. The molecule has 2 rings (SSSR count). The molecule has 1 aromatic heterocycles. The van der Waals surface area contributed by atoms with Crippen LogP contribution in [-0.4, -0.2) is 28.7 Å². The number of carbonyl (C=O) groups is 2. The molecular weight excluding hydrogens is 312 g/mol. The quantitative estimate of drug-likeness (QED) is 0.249. The molecule has 0 aliphatic heterocycles. The van der Waals surface area contributed by atoms with Crippen LogP contribution in [0.25, 0.3) is 16.8 Å². The predicted octanol–water partition coefficient (Wildman–Crippen LogP) is 0.720. The summed E-state index contributed by atoms with van der Waals surface area (Å²) >= 11 is 0. The van der Waals surface area contributed by atoms with Crippen LogP contribution in [0.3, 0.4) is 0 Å². The van der Waals surface area contributed by atoms with E-state index < -0.39 is 17.4 Å². The van der Waals surface area contributed by atoms with E-state index in [1.54, 1.807) is 26.8 Å². The highest BCUT2D eigenvalue weighted by Crippen LogP contribution is 2.25. The van der Waals surface area contributed by atoms with Crippen LogP contribution in [0.4, 0.5) is 0 Å². The van der Waals surface area contributed by atoms with Crippen molar-refractivity contribution in [3.8, 4) is 0 Å². The third-order valence-corrected chi connectivity index (χ3v) is 3.57. The van der Waals surface area contributed by atoms with Gasteiger partial charge in [0.05, 0.1) is 23.3 Å². The summed E-state index contributed by atoms with van der Waals surface area (Å²) in [6, 6.07) is 1.68. The molecule has 0 spiro atoms. The summed E-state index contributed by atoms with van der Waals surface area (Å²) in [6.45, 7) is 5.38. The number of aromatic amines is 1. The lowest BCUT2D eigenvalue weighted by Gasteiger charge is -2.12. The van der Waals surface area contributed by atoms with E-state index in [0.717, 1.165) is 0 Å². The number of nitrogens with two attached hydrogens (primary N) is 1. The van der Waals surface area contributed by atoms with Crippen molar-refractivity contribution in [2.24, 2.45) is 5.84 Å². The first-order valence-electron chi connectivity index (χ1n) is 7.29. The molecule has 4 N–H and O–H groups in total. The Kier molecular flexibility index (Phi) is 5.10. The molecule has 0 bridgehead atoms. The zero-order chi connectivity index (χ0) is 17.9. The number of amides is 1. The summed E-state index contributed by atoms with van der Waals surface area (Å²) in [5.41, 5.74) is 3.45. The molecule has 0 saturated carbocycles. The second kappa shape index (κ2) is 7.05. The number of H-pyrrole nitrogens is 1. The first-order valence-corrected chi connectivity index (χ1v) is 7.29. The van der Waals surface area contributed by atoms with E-state index >= 15 is 0 Å². The van der Waals surface area contributed by atoms with Crippen LogP contribution in [0.5, 0.6) is 0 Å². The Hall–Kier alpha value is -3.00. The van der Waals surface area contributed by atoms with Crippen LogP contribution >= 0.6 is 0 Å². The number of hydrogen-bond donors (Lipinski definition) is 3. The van der Waals surface area contributed by atoms with Crippen molar-refractivity contribution in [2.45, 2.75) is 20.8 Å². The van der Waals surface area contributed by atoms with Crippen molar-refractivity contribution in [3.05, 3.63) is 44.9 Å². The lowest BCUT2D eigenvalue weighted by molar-refractivity contribution is -0.116. The Morgan fingerprint density at radius 2 is 2.12 bits per heavy atom. The summed E-state index contributed by atoms with van der Waals surface area (Å²) in [6.07, 6.45) is 2.63. The topological polar surface area (TPSA) is 127 Å². The predicted molar refractivity (Wildman–Crippen MR) is 89.2 cm³/mol. The standard InChI is InChI=1S/C16H18N4O4/c1-4-24-16(23)13-8(2)7-10-11(5-6-12(21)18-17)19-20-15(22)14(10)9(13)3/h5-7H,4,17H2,1-3H3,(H,18,21)(H,20,22)/b6-5+. The molecule has 0 radical (unpaired) electrons. The van der Waals surface area contributed by atoms with E-state index in [2.05, 4.69) is 10.2 Å². The molecule has 8 heteroatoms. The van der Waals surface area contributed by atoms with Gasteiger partial charge >= 0.3 is 5.97 Å². The molecule has 8 nitrogen and oxygen atoms in total. The fraction of sp³-hybridized carbons (Fsp3) is 0.250. The molecule has 0 aliphatic rings. The summed E-state index contributed by atoms with van der Waals surface area (Å²) < 4.78 is 5.05. The van der Waals surface area contributed by atoms with Crippen LogP contribution in [0.2, 0.25) is 0 Å². The van der Waals surface area contributed by atoms with E-state index in [9.17, 15) is 14.4 Å². The number of hydrogen-bond acceptors (Lipinski definition) is 6. The zero-order valence-corrected chi connectivity index (χ0v) is 13.6. The Morgan fingerprint density at radius 3 is 2.75 bits per heavy atom. The molecule has 0 unspecified atom stereocenters. The van der Waals surface area contributed by atoms with Crippen molar-refractivity contribution in [3.63, 3.8) is 0 Å². The second-order valence-corrected chi connectivity index (χ2v) is 5.12. The van der Waals surface area contributed by atoms with Gasteiger partial charge in [-0.15, -0.1) is 0 Å². The fourth-order valence-electron chi connectivity index (χ4n) is 2.55. The molecule has 1 aromatic carbocycles. The van der Waals surface area contributed by atoms with Gasteiger partial charge < -0.3 is 4.74 Å². The van der Waals surface area contributed by atoms with Crippen molar-refractivity contribution in [1.82, 2.24) is 15.6 Å². The number of aromatic nitrogens is 2. The van der Waals surface area contributed by atoms with Gasteiger partial charge in [0.15, 0.2) is 0 Å². The Labute approximate surface area is 137 Å². The number of ether oxygens (including phenoxy) is 1. The van der Waals surface area contributed by atoms with Crippen molar-refractivity contribution in [2.75, 3.05) is 6.61 Å². The normalized spacial score (nSPS) is 11.0. The third kappa shape index (κ3) is 3.18. The van der Waals surface area contributed by atoms with Gasteiger partial charge in [-0.3, -0.25) is 15.0 Å². The Balaban J connectivity index is 2.74. The minimum Gasteiger partial charge on any atom is -0.462 e. The number of rotatable bonds is 4. The second-order valence-electron chi connectivity index (χ2n) is 5.12. The van der Waals surface area contributed by atoms with E-state index in [1.165, 1.54) is 12.2 Å². The number of esters is 1. The molecular formula is C16H18N4O4. The molecule has 0 atom stereocenters. The monoisotopic (exact) mass is 330 g/mol. The lowest BCUT2D eigenvalue weighted by atomic mass is 9.95. The number of carbonyl (C=O) groups excluding carboxylic acids is 2. The Bertz CT molecular complexity index is 899. The summed E-state index contributed by atoms with van der Waals surface area (Å²) in [5, 5.41) is 7.17. The molecule has 126 valence electrons. The van der Waals surface area contributed by atoms with Crippen LogP contribution in [-0.2, 0) is 9.53 Å². The summed E-state index contributed by atoms with van der Waals surface area (Å²) in [7, 11) is 0. The molecule has 2 aromatic rings. The van der Waals surface area contributed by atoms with Crippen molar-refractivity contribution < 1.29 is 14.3 Å². The number of nitrogens with zero attached hydrogens (tertiary/aromatic N) is 1. The minimum atomic E-state index is -0.507. The fourth-order valence-corrected chi connectivity index (χ4v) is 2.55. The van der Waals surface area contributed by atoms with Gasteiger partial charge in [-0.1, -0.05) is 0 Å². The highest BCUT2D eigenvalue weighted by Gasteiger charge is 2.19. The maximum atomic E-state index is 12.2. The largest absolute Gasteiger partial charge is 0.462 e. The van der Waals surface area contributed by atoms with Crippen LogP contribution < -0.4 is 16.8 Å². The molecule has 0 aliphatic carbocycles. The van der Waals surface area contributed by atoms with E-state index in [1.807, 2.05) is 5.43 Å². The number of aryl methyl sites for hydroxylation is 2. The summed E-state index contributed by atoms with van der Waals surface area (Å²) in [5.74, 6) is 4.03. The van der Waals surface area contributed by atoms with E-state index in [4.69, 9.17) is 10.6 Å². The van der Waals surface area contributed by atoms with Gasteiger partial charge in [0.25, 0.3) is 11.5 Å². The maximum Gasteiger partial charge on any atom is 0.338 e. The molecule has 0 fully saturated rings. The first-order chi connectivity index (χ1) is 11.4. The zero-order valence-electron chi connectivity index (χ0n) is 13.6. The third-order valence-electron chi connectivity index (χ3n) is 3.57. The number of fused-ring (bicyclic) bond motifs is 1. The van der Waals surface area contributed by atoms with E-state index in [0.29, 0.717) is 33.2 Å². The van der Waals surface area contributed by atoms with Gasteiger partial charge in [0.2, 0.25) is 0 Å². The van der Waals surface area contributed by atoms with Gasteiger partial charge in [-0.25, -0.2) is 15.7 Å². The maximum absolute atomic E-state index is 12.2. The van der Waals surface area contributed by atoms with Crippen molar-refractivity contribution in [1.29, 1.82) is 0 Å². The molecule has 1 heterocycles. The van der Waals surface area contributed by atoms with Gasteiger partial charge in [0.1, 0.15) is 0 Å². The van der Waals surface area contributed by atoms with Crippen molar-refractivity contribution >= 4 is 28.7 Å². The highest BCUT2D eigenvalue weighted by molar-refractivity contribution is 6.02. The number of hydrazine groups is 1. The summed E-state index contributed by atoms with van der Waals surface area (Å²) in [4.78, 5) is 35.6. The smallest absolute Gasteiger partial charge is 0.338 e. The number of nitrogens with one attached hydrogen (secondary N) is 2. The molecule has 1 amide bonds. The molecule has 24 heavy (non-hydrogen) atoms. The van der Waals surface area contributed by atoms with Crippen LogP contribution in [0, 0.1) is 13.8 Å². The van der Waals surface area contributed by atoms with Crippen LogP contribution in [0.1, 0.15) is 34.1 Å².